The van der Waals surface area contributed by atoms with Crippen LogP contribution < -0.4 is 5.32 Å². The van der Waals surface area contributed by atoms with E-state index in [1.807, 2.05) is 0 Å². The first kappa shape index (κ1) is 16.5. The Morgan fingerprint density at radius 3 is 2.57 bits per heavy atom. The predicted molar refractivity (Wildman–Crippen MR) is 86.9 cm³/mol. The van der Waals surface area contributed by atoms with Gasteiger partial charge in [0.15, 0.2) is 5.13 Å². The maximum atomic E-state index is 13.0. The molecule has 0 aliphatic carbocycles. The molecule has 0 saturated carbocycles. The van der Waals surface area contributed by atoms with Crippen LogP contribution in [0, 0.1) is 0 Å². The smallest absolute Gasteiger partial charge is 0.298 e. The molecule has 1 amide bonds. The van der Waals surface area contributed by atoms with E-state index in [9.17, 15) is 18.0 Å². The normalized spacial score (nSPS) is 11.9. The fraction of sp³-hybridized carbons (Fsp3) is 0.0769. The Bertz CT molecular complexity index is 904. The van der Waals surface area contributed by atoms with Crippen LogP contribution in [0.25, 0.3) is 10.2 Å². The molecule has 3 nitrogen and oxygen atoms in total. The lowest BCUT2D eigenvalue weighted by molar-refractivity contribution is -0.136. The molecule has 0 unspecified atom stereocenters. The van der Waals surface area contributed by atoms with Gasteiger partial charge in [0.05, 0.1) is 25.7 Å². The zero-order chi connectivity index (χ0) is 16.8. The number of aromatic nitrogens is 1. The van der Waals surface area contributed by atoms with E-state index in [1.54, 1.807) is 0 Å². The van der Waals surface area contributed by atoms with Crippen molar-refractivity contribution in [3.8, 4) is 0 Å². The second kappa shape index (κ2) is 5.94. The summed E-state index contributed by atoms with van der Waals surface area (Å²) in [4.78, 5) is 16.0. The Kier molecular flexibility index (Phi) is 4.26. The summed E-state index contributed by atoms with van der Waals surface area (Å²) in [6, 6.07) is 5.14. The molecule has 10 heteroatoms. The van der Waals surface area contributed by atoms with E-state index < -0.39 is 17.6 Å². The quantitative estimate of drug-likeness (QED) is 0.582. The zero-order valence-electron chi connectivity index (χ0n) is 10.9. The summed E-state index contributed by atoms with van der Waals surface area (Å²) < 4.78 is 39.7. The Labute approximate surface area is 145 Å². The van der Waals surface area contributed by atoms with Crippen LogP contribution in [0.2, 0.25) is 8.67 Å². The minimum Gasteiger partial charge on any atom is -0.298 e. The third-order valence-electron chi connectivity index (χ3n) is 2.85. The number of nitrogens with zero attached hydrogens (tertiary/aromatic N) is 1. The van der Waals surface area contributed by atoms with E-state index in [0.717, 1.165) is 28.7 Å². The number of nitrogens with one attached hydrogen (secondary N) is 1. The Morgan fingerprint density at radius 1 is 1.22 bits per heavy atom. The van der Waals surface area contributed by atoms with Crippen molar-refractivity contribution in [3.63, 3.8) is 0 Å². The molecule has 3 rings (SSSR count). The lowest BCUT2D eigenvalue weighted by Gasteiger charge is -2.06. The van der Waals surface area contributed by atoms with Crippen LogP contribution in [0.15, 0.2) is 24.3 Å². The minimum absolute atomic E-state index is 0.0556. The number of carbonyl (C=O) groups is 1. The second-order valence-corrected chi connectivity index (χ2v) is 7.68. The Morgan fingerprint density at radius 2 is 1.96 bits per heavy atom. The molecule has 2 aromatic heterocycles. The van der Waals surface area contributed by atoms with Crippen molar-refractivity contribution >= 4 is 67.1 Å². The first-order chi connectivity index (χ1) is 10.8. The van der Waals surface area contributed by atoms with E-state index in [1.165, 1.54) is 18.2 Å². The maximum Gasteiger partial charge on any atom is 0.418 e. The van der Waals surface area contributed by atoms with Crippen LogP contribution in [0.5, 0.6) is 0 Å². The van der Waals surface area contributed by atoms with Gasteiger partial charge in [-0.25, -0.2) is 4.98 Å². The molecule has 0 aliphatic rings. The largest absolute Gasteiger partial charge is 0.418 e. The van der Waals surface area contributed by atoms with E-state index in [-0.39, 0.29) is 20.5 Å². The standard InChI is InChI=1S/C13H5Cl2F3N2OS2/c14-8-4-5(10(15)23-8)11(21)20-12-19-9-6(13(16,17)18)2-1-3-7(9)22-12/h1-4H,(H,19,20,21). The van der Waals surface area contributed by atoms with Crippen LogP contribution in [0.4, 0.5) is 18.3 Å². The summed E-state index contributed by atoms with van der Waals surface area (Å²) in [6.07, 6.45) is -4.51. The molecule has 0 radical (unpaired) electrons. The Balaban J connectivity index is 1.95. The van der Waals surface area contributed by atoms with Crippen molar-refractivity contribution in [2.75, 3.05) is 5.32 Å². The number of thiazole rings is 1. The van der Waals surface area contributed by atoms with Crippen LogP contribution in [-0.2, 0) is 6.18 Å². The van der Waals surface area contributed by atoms with Gasteiger partial charge in [-0.05, 0) is 18.2 Å². The van der Waals surface area contributed by atoms with Crippen molar-refractivity contribution < 1.29 is 18.0 Å². The number of hydrogen-bond acceptors (Lipinski definition) is 4. The van der Waals surface area contributed by atoms with Crippen molar-refractivity contribution in [1.29, 1.82) is 0 Å². The molecule has 0 spiro atoms. The molecule has 0 saturated heterocycles. The number of fused-ring (bicyclic) bond motifs is 1. The van der Waals surface area contributed by atoms with Gasteiger partial charge in [0.1, 0.15) is 4.34 Å². The van der Waals surface area contributed by atoms with Crippen LogP contribution in [0.3, 0.4) is 0 Å². The maximum absolute atomic E-state index is 13.0. The van der Waals surface area contributed by atoms with Gasteiger partial charge in [-0.1, -0.05) is 40.6 Å². The number of hydrogen-bond donors (Lipinski definition) is 1. The Hall–Kier alpha value is -1.35. The number of rotatable bonds is 2. The van der Waals surface area contributed by atoms with Gasteiger partial charge < -0.3 is 0 Å². The van der Waals surface area contributed by atoms with Gasteiger partial charge in [-0.3, -0.25) is 10.1 Å². The highest BCUT2D eigenvalue weighted by Crippen LogP contribution is 2.38. The summed E-state index contributed by atoms with van der Waals surface area (Å²) in [6.45, 7) is 0. The summed E-state index contributed by atoms with van der Waals surface area (Å²) in [7, 11) is 0. The van der Waals surface area contributed by atoms with Gasteiger partial charge >= 0.3 is 6.18 Å². The van der Waals surface area contributed by atoms with E-state index in [4.69, 9.17) is 23.2 Å². The highest BCUT2D eigenvalue weighted by Gasteiger charge is 2.33. The van der Waals surface area contributed by atoms with E-state index in [2.05, 4.69) is 10.3 Å². The summed E-state index contributed by atoms with van der Waals surface area (Å²) in [5.41, 5.74) is -0.893. The average Bonchev–Trinajstić information content (AvgIpc) is 2.99. The molecule has 0 atom stereocenters. The fourth-order valence-corrected chi connectivity index (χ4v) is 4.24. The summed E-state index contributed by atoms with van der Waals surface area (Å²) >= 11 is 13.6. The molecule has 0 fully saturated rings. The van der Waals surface area contributed by atoms with Crippen LogP contribution in [-0.4, -0.2) is 10.9 Å². The first-order valence-corrected chi connectivity index (χ1v) is 8.37. The van der Waals surface area contributed by atoms with Crippen LogP contribution >= 0.6 is 45.9 Å². The van der Waals surface area contributed by atoms with Gasteiger partial charge in [0.25, 0.3) is 5.91 Å². The number of benzene rings is 1. The monoisotopic (exact) mass is 396 g/mol. The highest BCUT2D eigenvalue weighted by atomic mass is 35.5. The molecular weight excluding hydrogens is 392 g/mol. The van der Waals surface area contributed by atoms with Crippen molar-refractivity contribution in [3.05, 3.63) is 44.1 Å². The predicted octanol–water partition coefficient (Wildman–Crippen LogP) is 5.94. The van der Waals surface area contributed by atoms with Crippen molar-refractivity contribution in [2.24, 2.45) is 0 Å². The number of amides is 1. The number of halogens is 5. The van der Waals surface area contributed by atoms with Gasteiger partial charge in [0.2, 0.25) is 0 Å². The number of para-hydroxylation sites is 1. The molecule has 120 valence electrons. The zero-order valence-corrected chi connectivity index (χ0v) is 14.0. The van der Waals surface area contributed by atoms with Gasteiger partial charge in [-0.2, -0.15) is 13.2 Å². The molecular formula is C13H5Cl2F3N2OS2. The van der Waals surface area contributed by atoms with Crippen molar-refractivity contribution in [1.82, 2.24) is 4.98 Å². The lowest BCUT2D eigenvalue weighted by atomic mass is 10.2. The number of thiophene rings is 1. The van der Waals surface area contributed by atoms with E-state index in [0.29, 0.717) is 9.04 Å². The van der Waals surface area contributed by atoms with E-state index >= 15 is 0 Å². The third-order valence-corrected chi connectivity index (χ3v) is 5.27. The summed E-state index contributed by atoms with van der Waals surface area (Å²) in [5.74, 6) is -0.578. The van der Waals surface area contributed by atoms with Gasteiger partial charge in [0, 0.05) is 0 Å². The first-order valence-electron chi connectivity index (χ1n) is 5.98. The van der Waals surface area contributed by atoms with Crippen molar-refractivity contribution in [2.45, 2.75) is 6.18 Å². The number of alkyl halides is 3. The number of anilines is 1. The lowest BCUT2D eigenvalue weighted by Crippen LogP contribution is -2.11. The molecule has 3 aromatic rings. The molecule has 2 heterocycles. The molecule has 1 N–H and O–H groups in total. The average molecular weight is 397 g/mol. The second-order valence-electron chi connectivity index (χ2n) is 4.36. The van der Waals surface area contributed by atoms with Crippen LogP contribution in [0.1, 0.15) is 15.9 Å². The third kappa shape index (κ3) is 3.30. The molecule has 23 heavy (non-hydrogen) atoms. The van der Waals surface area contributed by atoms with Gasteiger partial charge in [-0.15, -0.1) is 11.3 Å². The molecule has 0 aliphatic heterocycles. The fourth-order valence-electron chi connectivity index (χ4n) is 1.89. The topological polar surface area (TPSA) is 42.0 Å². The number of carbonyl (C=O) groups excluding carboxylic acids is 1. The highest BCUT2D eigenvalue weighted by molar-refractivity contribution is 7.22. The SMILES string of the molecule is O=C(Nc1nc2c(C(F)(F)F)cccc2s1)c1cc(Cl)sc1Cl. The molecule has 0 bridgehead atoms. The minimum atomic E-state index is -4.51. The summed E-state index contributed by atoms with van der Waals surface area (Å²) in [5, 5.41) is 2.50. The molecule has 1 aromatic carbocycles.